The summed E-state index contributed by atoms with van der Waals surface area (Å²) in [7, 11) is 0. The highest BCUT2D eigenvalue weighted by Crippen LogP contribution is 2.16. The minimum absolute atomic E-state index is 0.428. The minimum atomic E-state index is -1.10. The van der Waals surface area contributed by atoms with Gasteiger partial charge in [-0.3, -0.25) is 15.0 Å². The zero-order valence-corrected chi connectivity index (χ0v) is 10.5. The van der Waals surface area contributed by atoms with Crippen LogP contribution in [-0.2, 0) is 4.79 Å². The number of hydrogen-bond donors (Lipinski definition) is 2. The molecule has 2 rings (SSSR count). The predicted octanol–water partition coefficient (Wildman–Crippen LogP) is 1.66. The van der Waals surface area contributed by atoms with Crippen LogP contribution in [0.4, 0.5) is 15.5 Å². The number of para-hydroxylation sites is 1. The first-order valence-electron chi connectivity index (χ1n) is 5.29. The van der Waals surface area contributed by atoms with Crippen molar-refractivity contribution >= 4 is 34.2 Å². The Morgan fingerprint density at radius 2 is 2.05 bits per heavy atom. The highest BCUT2D eigenvalue weighted by atomic mass is 32.1. The van der Waals surface area contributed by atoms with Crippen molar-refractivity contribution in [1.82, 2.24) is 9.59 Å². The summed E-state index contributed by atoms with van der Waals surface area (Å²) in [4.78, 5) is 24.0. The molecule has 0 unspecified atom stereocenters. The molecular weight excluding hydrogens is 268 g/mol. The number of hydrogen-bond acceptors (Lipinski definition) is 5. The maximum Gasteiger partial charge on any atom is 0.327 e. The summed E-state index contributed by atoms with van der Waals surface area (Å²) in [5.74, 6) is -1.10. The van der Waals surface area contributed by atoms with E-state index in [1.54, 1.807) is 30.3 Å². The van der Waals surface area contributed by atoms with Crippen molar-refractivity contribution in [3.05, 3.63) is 36.5 Å². The number of urea groups is 1. The average Bonchev–Trinajstić information content (AvgIpc) is 2.89. The largest absolute Gasteiger partial charge is 0.480 e. The third-order valence-corrected chi connectivity index (χ3v) is 2.78. The van der Waals surface area contributed by atoms with Crippen LogP contribution in [0.15, 0.2) is 36.5 Å². The number of carbonyl (C=O) groups excluding carboxylic acids is 1. The molecule has 0 saturated heterocycles. The number of anilines is 2. The fraction of sp³-hybridized carbons (Fsp3) is 0.0909. The summed E-state index contributed by atoms with van der Waals surface area (Å²) in [5.41, 5.74) is 0.500. The Kier molecular flexibility index (Phi) is 4.04. The molecule has 2 N–H and O–H groups in total. The van der Waals surface area contributed by atoms with Gasteiger partial charge >= 0.3 is 12.0 Å². The molecule has 1 aromatic heterocycles. The summed E-state index contributed by atoms with van der Waals surface area (Å²) < 4.78 is 3.61. The van der Waals surface area contributed by atoms with Gasteiger partial charge in [0.2, 0.25) is 0 Å². The summed E-state index contributed by atoms with van der Waals surface area (Å²) >= 11 is 1.02. The van der Waals surface area contributed by atoms with Crippen molar-refractivity contribution in [2.45, 2.75) is 0 Å². The molecule has 1 aromatic carbocycles. The standard InChI is InChI=1S/C11H10N4O3S/c16-10(17)7-15(8-4-2-1-3-5-8)11(18)13-9-6-12-14-19-9/h1-6H,7H2,(H,13,18)(H,16,17). The number of rotatable bonds is 4. The molecule has 0 fully saturated rings. The molecule has 1 heterocycles. The lowest BCUT2D eigenvalue weighted by atomic mass is 10.3. The van der Waals surface area contributed by atoms with Crippen molar-refractivity contribution in [2.24, 2.45) is 0 Å². The number of nitrogens with zero attached hydrogens (tertiary/aromatic N) is 3. The number of carboxylic acid groups (broad SMARTS) is 1. The van der Waals surface area contributed by atoms with Gasteiger partial charge in [0.05, 0.1) is 6.20 Å². The van der Waals surface area contributed by atoms with E-state index in [0.717, 1.165) is 16.4 Å². The smallest absolute Gasteiger partial charge is 0.327 e. The SMILES string of the molecule is O=C(O)CN(C(=O)Nc1cnns1)c1ccccc1. The van der Waals surface area contributed by atoms with E-state index in [-0.39, 0.29) is 0 Å². The Hall–Kier alpha value is -2.48. The summed E-state index contributed by atoms with van der Waals surface area (Å²) in [5, 5.41) is 15.5. The van der Waals surface area contributed by atoms with Crippen LogP contribution in [0.1, 0.15) is 0 Å². The van der Waals surface area contributed by atoms with Gasteiger partial charge in [-0.2, -0.15) is 0 Å². The molecule has 7 nitrogen and oxygen atoms in total. The van der Waals surface area contributed by atoms with Crippen LogP contribution < -0.4 is 10.2 Å². The molecule has 0 atom stereocenters. The number of amides is 2. The van der Waals surface area contributed by atoms with E-state index in [1.807, 2.05) is 0 Å². The fourth-order valence-electron chi connectivity index (χ4n) is 1.42. The molecule has 19 heavy (non-hydrogen) atoms. The van der Waals surface area contributed by atoms with Crippen LogP contribution >= 0.6 is 11.5 Å². The van der Waals surface area contributed by atoms with Crippen LogP contribution in [0.5, 0.6) is 0 Å². The molecule has 0 spiro atoms. The topological polar surface area (TPSA) is 95.4 Å². The number of nitrogens with one attached hydrogen (secondary N) is 1. The van der Waals surface area contributed by atoms with Crippen LogP contribution in [0.25, 0.3) is 0 Å². The Morgan fingerprint density at radius 3 is 2.63 bits per heavy atom. The summed E-state index contributed by atoms with van der Waals surface area (Å²) in [6, 6.07) is 8.02. The summed E-state index contributed by atoms with van der Waals surface area (Å²) in [6.45, 7) is -0.428. The predicted molar refractivity (Wildman–Crippen MR) is 70.4 cm³/mol. The van der Waals surface area contributed by atoms with Gasteiger partial charge in [-0.25, -0.2) is 4.79 Å². The van der Waals surface area contributed by atoms with E-state index >= 15 is 0 Å². The molecule has 0 bridgehead atoms. The number of carbonyl (C=O) groups is 2. The lowest BCUT2D eigenvalue weighted by Gasteiger charge is -2.20. The van der Waals surface area contributed by atoms with Gasteiger partial charge in [0.15, 0.2) is 0 Å². The van der Waals surface area contributed by atoms with E-state index in [1.165, 1.54) is 6.20 Å². The first-order chi connectivity index (χ1) is 9.16. The van der Waals surface area contributed by atoms with E-state index in [2.05, 4.69) is 14.9 Å². The quantitative estimate of drug-likeness (QED) is 0.886. The molecule has 98 valence electrons. The zero-order valence-electron chi connectivity index (χ0n) is 9.68. The number of aromatic nitrogens is 2. The van der Waals surface area contributed by atoms with Crippen LogP contribution in [0.3, 0.4) is 0 Å². The van der Waals surface area contributed by atoms with Gasteiger partial charge in [0, 0.05) is 17.2 Å². The molecule has 0 aliphatic rings. The van der Waals surface area contributed by atoms with Gasteiger partial charge in [-0.15, -0.1) is 5.10 Å². The number of benzene rings is 1. The van der Waals surface area contributed by atoms with Crippen LogP contribution in [0, 0.1) is 0 Å². The van der Waals surface area contributed by atoms with Crippen molar-refractivity contribution in [1.29, 1.82) is 0 Å². The highest BCUT2D eigenvalue weighted by Gasteiger charge is 2.19. The van der Waals surface area contributed by atoms with Crippen LogP contribution in [0.2, 0.25) is 0 Å². The Labute approximate surface area is 112 Å². The lowest BCUT2D eigenvalue weighted by molar-refractivity contribution is -0.135. The molecule has 2 aromatic rings. The maximum atomic E-state index is 12.0. The number of carboxylic acids is 1. The van der Waals surface area contributed by atoms with Crippen molar-refractivity contribution < 1.29 is 14.7 Å². The van der Waals surface area contributed by atoms with Gasteiger partial charge < -0.3 is 5.11 Å². The lowest BCUT2D eigenvalue weighted by Crippen LogP contribution is -2.38. The number of aliphatic carboxylic acids is 1. The van der Waals surface area contributed by atoms with Crippen LogP contribution in [-0.4, -0.2) is 33.2 Å². The Balaban J connectivity index is 2.18. The van der Waals surface area contributed by atoms with E-state index in [9.17, 15) is 9.59 Å². The second-order valence-electron chi connectivity index (χ2n) is 3.53. The average molecular weight is 278 g/mol. The molecular formula is C11H10N4O3S. The molecule has 0 radical (unpaired) electrons. The zero-order chi connectivity index (χ0) is 13.7. The molecule has 0 aliphatic heterocycles. The van der Waals surface area contributed by atoms with Gasteiger partial charge in [-0.1, -0.05) is 22.7 Å². The second-order valence-corrected chi connectivity index (χ2v) is 4.31. The van der Waals surface area contributed by atoms with E-state index in [0.29, 0.717) is 10.7 Å². The third kappa shape index (κ3) is 3.49. The second kappa shape index (κ2) is 5.91. The van der Waals surface area contributed by atoms with Gasteiger partial charge in [-0.05, 0) is 12.1 Å². The Morgan fingerprint density at radius 1 is 1.32 bits per heavy atom. The monoisotopic (exact) mass is 278 g/mol. The third-order valence-electron chi connectivity index (χ3n) is 2.20. The van der Waals surface area contributed by atoms with Crippen molar-refractivity contribution in [2.75, 3.05) is 16.8 Å². The van der Waals surface area contributed by atoms with E-state index < -0.39 is 18.5 Å². The molecule has 0 saturated carbocycles. The molecule has 2 amide bonds. The molecule has 8 heteroatoms. The first-order valence-corrected chi connectivity index (χ1v) is 6.07. The minimum Gasteiger partial charge on any atom is -0.480 e. The first kappa shape index (κ1) is 13.0. The Bertz CT molecular complexity index is 559. The van der Waals surface area contributed by atoms with Crippen molar-refractivity contribution in [3.8, 4) is 0 Å². The van der Waals surface area contributed by atoms with Gasteiger partial charge in [0.1, 0.15) is 11.5 Å². The fourth-order valence-corrected chi connectivity index (χ4v) is 1.83. The highest BCUT2D eigenvalue weighted by molar-refractivity contribution is 7.10. The maximum absolute atomic E-state index is 12.0. The van der Waals surface area contributed by atoms with Gasteiger partial charge in [0.25, 0.3) is 0 Å². The van der Waals surface area contributed by atoms with E-state index in [4.69, 9.17) is 5.11 Å². The normalized spacial score (nSPS) is 9.89. The summed E-state index contributed by atoms with van der Waals surface area (Å²) in [6.07, 6.45) is 1.40. The molecule has 0 aliphatic carbocycles. The van der Waals surface area contributed by atoms with Crippen molar-refractivity contribution in [3.63, 3.8) is 0 Å².